The number of rotatable bonds is 10. The summed E-state index contributed by atoms with van der Waals surface area (Å²) < 4.78 is 33.5. The van der Waals surface area contributed by atoms with Crippen molar-refractivity contribution in [2.75, 3.05) is 13.2 Å². The summed E-state index contributed by atoms with van der Waals surface area (Å²) in [4.78, 5) is 0. The molecule has 0 atom stereocenters. The maximum absolute atomic E-state index is 9.89. The average Bonchev–Trinajstić information content (AvgIpc) is 3.28. The van der Waals surface area contributed by atoms with E-state index >= 15 is 0 Å². The van der Waals surface area contributed by atoms with Crippen LogP contribution in [0.25, 0.3) is 67.5 Å². The van der Waals surface area contributed by atoms with Gasteiger partial charge in [0.1, 0.15) is 18.9 Å². The highest BCUT2D eigenvalue weighted by atomic mass is 19.1. The first-order valence-electron chi connectivity index (χ1n) is 19.0. The molecule has 0 aliphatic rings. The standard InChI is InChI=1S/2C25H21O2.BFO2/c2*1-2-26-23-15-13-21(14-16-23)25-18-22(19-9-5-3-6-10-19)17-24(27-25)20-11-7-4-8-12-20;2-1(3)4/h2*3-18H,2H2,1H3;/q2*+1;-2. The first kappa shape index (κ1) is 40.8. The number of hydrogen-bond acceptors (Lipinski definition) is 4. The third kappa shape index (κ3) is 11.6. The summed E-state index contributed by atoms with van der Waals surface area (Å²) >= 11 is 0. The summed E-state index contributed by atoms with van der Waals surface area (Å²) in [5.41, 5.74) is 8.75. The molecule has 0 spiro atoms. The highest BCUT2D eigenvalue weighted by Crippen LogP contribution is 2.35. The topological polar surface area (TPSA) is 87.2 Å². The van der Waals surface area contributed by atoms with Crippen molar-refractivity contribution in [2.24, 2.45) is 0 Å². The Kier molecular flexibility index (Phi) is 14.7. The number of hydrogen-bond donors (Lipinski definition) is 0. The van der Waals surface area contributed by atoms with Crippen LogP contribution < -0.4 is 19.5 Å². The Bertz CT molecular complexity index is 2140. The summed E-state index contributed by atoms with van der Waals surface area (Å²) in [7, 11) is -3.17. The van der Waals surface area contributed by atoms with Crippen LogP contribution in [0.2, 0.25) is 0 Å². The van der Waals surface area contributed by atoms with Crippen molar-refractivity contribution in [3.05, 3.63) is 194 Å². The molecule has 2 aromatic heterocycles. The van der Waals surface area contributed by atoms with E-state index in [0.717, 1.165) is 79.0 Å². The highest BCUT2D eigenvalue weighted by Gasteiger charge is 2.22. The van der Waals surface area contributed by atoms with Gasteiger partial charge in [0.15, 0.2) is 0 Å². The molecule has 0 aliphatic carbocycles. The molecule has 0 radical (unpaired) electrons. The molecule has 0 amide bonds. The van der Waals surface area contributed by atoms with Crippen LogP contribution in [0.3, 0.4) is 0 Å². The Morgan fingerprint density at radius 2 is 0.621 bits per heavy atom. The third-order valence-corrected chi connectivity index (χ3v) is 8.82. The van der Waals surface area contributed by atoms with E-state index in [1.54, 1.807) is 0 Å². The van der Waals surface area contributed by atoms with Gasteiger partial charge < -0.3 is 23.8 Å². The summed E-state index contributed by atoms with van der Waals surface area (Å²) in [5, 5.41) is 16.6. The van der Waals surface area contributed by atoms with Gasteiger partial charge >= 0.3 is 23.0 Å². The number of halogens is 1. The van der Waals surface area contributed by atoms with E-state index in [0.29, 0.717) is 13.2 Å². The monoisotopic (exact) mass is 768 g/mol. The van der Waals surface area contributed by atoms with E-state index in [1.807, 2.05) is 111 Å². The first-order chi connectivity index (χ1) is 28.4. The van der Waals surface area contributed by atoms with Crippen LogP contribution in [0.1, 0.15) is 13.8 Å². The number of ether oxygens (including phenoxy) is 2. The molecule has 0 saturated carbocycles. The van der Waals surface area contributed by atoms with E-state index in [4.69, 9.17) is 28.4 Å². The zero-order valence-corrected chi connectivity index (χ0v) is 32.3. The van der Waals surface area contributed by atoms with Crippen LogP contribution in [0.5, 0.6) is 11.5 Å². The molecule has 0 aliphatic heterocycles. The lowest BCUT2D eigenvalue weighted by Crippen LogP contribution is -2.39. The zero-order chi connectivity index (χ0) is 40.5. The Balaban J connectivity index is 0.000000179. The van der Waals surface area contributed by atoms with Gasteiger partial charge in [0.25, 0.3) is 0 Å². The fourth-order valence-electron chi connectivity index (χ4n) is 6.14. The van der Waals surface area contributed by atoms with Gasteiger partial charge in [-0.3, -0.25) is 0 Å². The maximum atomic E-state index is 9.89. The molecule has 8 aromatic rings. The smallest absolute Gasteiger partial charge is 0.361 e. The van der Waals surface area contributed by atoms with Crippen molar-refractivity contribution in [1.29, 1.82) is 0 Å². The minimum Gasteiger partial charge on any atom is -0.867 e. The van der Waals surface area contributed by atoms with Gasteiger partial charge in [-0.25, -0.2) is 8.83 Å². The predicted octanol–water partition coefficient (Wildman–Crippen LogP) is 11.6. The number of benzene rings is 6. The third-order valence-electron chi connectivity index (χ3n) is 8.82. The minimum atomic E-state index is -3.17. The Morgan fingerprint density at radius 3 is 0.879 bits per heavy atom. The quantitative estimate of drug-likeness (QED) is 0.102. The van der Waals surface area contributed by atoms with Crippen LogP contribution >= 0.6 is 0 Å². The Hall–Kier alpha value is -6.87. The molecule has 0 bridgehead atoms. The normalized spacial score (nSPS) is 10.3. The fourth-order valence-corrected chi connectivity index (χ4v) is 6.14. The van der Waals surface area contributed by atoms with Crippen molar-refractivity contribution in [1.82, 2.24) is 0 Å². The largest absolute Gasteiger partial charge is 0.867 e. The molecular formula is C50H42BFO6. The van der Waals surface area contributed by atoms with Gasteiger partial charge in [0, 0.05) is 11.1 Å². The lowest BCUT2D eigenvalue weighted by molar-refractivity contribution is -0.366. The van der Waals surface area contributed by atoms with Crippen LogP contribution in [0.4, 0.5) is 4.32 Å². The van der Waals surface area contributed by atoms with Gasteiger partial charge in [0.2, 0.25) is 0 Å². The molecule has 0 unspecified atom stereocenters. The molecule has 58 heavy (non-hydrogen) atoms. The highest BCUT2D eigenvalue weighted by molar-refractivity contribution is 6.27. The van der Waals surface area contributed by atoms with Crippen molar-refractivity contribution in [3.8, 4) is 79.0 Å². The first-order valence-corrected chi connectivity index (χ1v) is 19.0. The molecule has 8 heteroatoms. The van der Waals surface area contributed by atoms with Crippen molar-refractivity contribution < 1.29 is 32.7 Å². The molecule has 6 nitrogen and oxygen atoms in total. The van der Waals surface area contributed by atoms with Crippen molar-refractivity contribution in [3.63, 3.8) is 0 Å². The fraction of sp³-hybridized carbons (Fsp3) is 0.0800. The van der Waals surface area contributed by atoms with Crippen molar-refractivity contribution in [2.45, 2.75) is 13.8 Å². The molecular weight excluding hydrogens is 726 g/mol. The van der Waals surface area contributed by atoms with Crippen LogP contribution in [0, 0.1) is 0 Å². The summed E-state index contributed by atoms with van der Waals surface area (Å²) in [5.74, 6) is 5.09. The molecule has 288 valence electrons. The zero-order valence-electron chi connectivity index (χ0n) is 32.3. The van der Waals surface area contributed by atoms with Gasteiger partial charge in [-0.15, -0.1) is 0 Å². The van der Waals surface area contributed by atoms with Gasteiger partial charge in [0.05, 0.1) is 59.7 Å². The molecule has 6 aromatic carbocycles. The van der Waals surface area contributed by atoms with E-state index in [1.165, 1.54) is 0 Å². The molecule has 8 rings (SSSR count). The summed E-state index contributed by atoms with van der Waals surface area (Å²) in [6.45, 7) is 5.29. The van der Waals surface area contributed by atoms with Crippen LogP contribution in [0.15, 0.2) is 203 Å². The van der Waals surface area contributed by atoms with Crippen molar-refractivity contribution >= 4 is 7.40 Å². The van der Waals surface area contributed by atoms with E-state index in [9.17, 15) is 4.32 Å². The molecule has 0 N–H and O–H groups in total. The summed E-state index contributed by atoms with van der Waals surface area (Å²) in [6, 6.07) is 65.6. The molecule has 0 saturated heterocycles. The van der Waals surface area contributed by atoms with Gasteiger partial charge in [-0.1, -0.05) is 97.1 Å². The van der Waals surface area contributed by atoms with Gasteiger partial charge in [-0.05, 0) is 97.8 Å². The second-order valence-corrected chi connectivity index (χ2v) is 12.8. The molecule has 0 fully saturated rings. The van der Waals surface area contributed by atoms with E-state index in [-0.39, 0.29) is 0 Å². The lowest BCUT2D eigenvalue weighted by atomic mass is 10.0. The predicted molar refractivity (Wildman–Crippen MR) is 228 cm³/mol. The lowest BCUT2D eigenvalue weighted by Gasteiger charge is -2.09. The second-order valence-electron chi connectivity index (χ2n) is 12.8. The van der Waals surface area contributed by atoms with E-state index in [2.05, 4.69) is 97.1 Å². The SMILES string of the molecule is CCOc1ccc(-c2cc(-c3ccccc3)cc(-c3ccccc3)[o+]2)cc1.CCOc1ccc(-c2cc(-c3ccccc3)cc(-c3ccccc3)[o+]2)cc1.[O-]B([O-])F. The van der Waals surface area contributed by atoms with Crippen LogP contribution in [-0.2, 0) is 0 Å². The Labute approximate surface area is 339 Å². The average molecular weight is 769 g/mol. The summed E-state index contributed by atoms with van der Waals surface area (Å²) in [6.07, 6.45) is 0. The van der Waals surface area contributed by atoms with Crippen LogP contribution in [-0.4, -0.2) is 20.6 Å². The maximum Gasteiger partial charge on any atom is 0.361 e. The van der Waals surface area contributed by atoms with Gasteiger partial charge in [-0.2, -0.15) is 0 Å². The Morgan fingerprint density at radius 1 is 0.379 bits per heavy atom. The minimum absolute atomic E-state index is 0.658. The second kappa shape index (κ2) is 20.9. The van der Waals surface area contributed by atoms with E-state index < -0.39 is 7.40 Å². The molecule has 2 heterocycles.